The maximum absolute atomic E-state index is 12.5. The second kappa shape index (κ2) is 7.68. The Kier molecular flexibility index (Phi) is 5.89. The monoisotopic (exact) mass is 321 g/mol. The van der Waals surface area contributed by atoms with E-state index in [0.717, 1.165) is 24.2 Å². The van der Waals surface area contributed by atoms with E-state index in [1.165, 1.54) is 18.9 Å². The average molecular weight is 321 g/mol. The summed E-state index contributed by atoms with van der Waals surface area (Å²) in [6, 6.07) is 9.80. The Hall–Kier alpha value is -1.49. The van der Waals surface area contributed by atoms with Crippen LogP contribution >= 0.6 is 11.8 Å². The number of rotatable bonds is 5. The van der Waals surface area contributed by atoms with Crippen LogP contribution in [0.5, 0.6) is 0 Å². The summed E-state index contributed by atoms with van der Waals surface area (Å²) in [5.41, 5.74) is -0.838. The normalized spacial score (nSPS) is 18.3. The Balaban J connectivity index is 2.02. The molecule has 0 spiro atoms. The van der Waals surface area contributed by atoms with Crippen LogP contribution in [0.4, 0.5) is 0 Å². The summed E-state index contributed by atoms with van der Waals surface area (Å²) in [6.45, 7) is 1.86. The van der Waals surface area contributed by atoms with E-state index in [1.807, 2.05) is 37.3 Å². The van der Waals surface area contributed by atoms with Crippen molar-refractivity contribution in [3.63, 3.8) is 0 Å². The van der Waals surface area contributed by atoms with Gasteiger partial charge in [0, 0.05) is 4.90 Å². The molecule has 4 nitrogen and oxygen atoms in total. The van der Waals surface area contributed by atoms with Gasteiger partial charge >= 0.3 is 5.97 Å². The smallest absolute Gasteiger partial charge is 0.331 e. The van der Waals surface area contributed by atoms with Gasteiger partial charge in [0.1, 0.15) is 5.54 Å². The maximum atomic E-state index is 12.5. The first-order valence-corrected chi connectivity index (χ1v) is 8.57. The zero-order valence-electron chi connectivity index (χ0n) is 13.1. The lowest BCUT2D eigenvalue weighted by Crippen LogP contribution is -2.57. The summed E-state index contributed by atoms with van der Waals surface area (Å²) in [7, 11) is 1.38. The van der Waals surface area contributed by atoms with Crippen molar-refractivity contribution in [2.24, 2.45) is 0 Å². The molecule has 0 bridgehead atoms. The molecule has 1 atom stereocenters. The summed E-state index contributed by atoms with van der Waals surface area (Å²) in [5, 5.41) is 2.71. The Morgan fingerprint density at radius 1 is 1.18 bits per heavy atom. The molecule has 0 aliphatic heterocycles. The molecular weight excluding hydrogens is 298 g/mol. The fraction of sp³-hybridized carbons (Fsp3) is 0.529. The Labute approximate surface area is 136 Å². The van der Waals surface area contributed by atoms with Crippen molar-refractivity contribution in [2.45, 2.75) is 54.7 Å². The van der Waals surface area contributed by atoms with Crippen LogP contribution in [0.2, 0.25) is 0 Å². The van der Waals surface area contributed by atoms with E-state index < -0.39 is 5.54 Å². The topological polar surface area (TPSA) is 55.4 Å². The van der Waals surface area contributed by atoms with Gasteiger partial charge < -0.3 is 10.1 Å². The zero-order valence-corrected chi connectivity index (χ0v) is 13.9. The van der Waals surface area contributed by atoms with Crippen LogP contribution in [0.25, 0.3) is 0 Å². The van der Waals surface area contributed by atoms with Gasteiger partial charge in [-0.2, -0.15) is 0 Å². The van der Waals surface area contributed by atoms with E-state index in [1.54, 1.807) is 0 Å². The molecule has 1 saturated carbocycles. The molecule has 1 aromatic carbocycles. The lowest BCUT2D eigenvalue weighted by atomic mass is 9.81. The van der Waals surface area contributed by atoms with Gasteiger partial charge in [0.05, 0.1) is 12.4 Å². The minimum Gasteiger partial charge on any atom is -0.467 e. The van der Waals surface area contributed by atoms with Crippen LogP contribution in [0.3, 0.4) is 0 Å². The SMILES string of the molecule is COC(=O)C1(NC(=O)C(C)Sc2ccccc2)CCCCC1. The lowest BCUT2D eigenvalue weighted by Gasteiger charge is -2.35. The van der Waals surface area contributed by atoms with E-state index in [0.29, 0.717) is 12.8 Å². The van der Waals surface area contributed by atoms with Crippen LogP contribution in [-0.2, 0) is 14.3 Å². The number of carbonyl (C=O) groups excluding carboxylic acids is 2. The highest BCUT2D eigenvalue weighted by Crippen LogP contribution is 2.30. The Bertz CT molecular complexity index is 512. The molecular formula is C17H23NO3S. The minimum absolute atomic E-state index is 0.110. The van der Waals surface area contributed by atoms with Crippen LogP contribution in [0, 0.1) is 0 Å². The van der Waals surface area contributed by atoms with Gasteiger partial charge in [-0.1, -0.05) is 37.5 Å². The van der Waals surface area contributed by atoms with Crippen LogP contribution in [-0.4, -0.2) is 29.8 Å². The van der Waals surface area contributed by atoms with E-state index in [2.05, 4.69) is 5.32 Å². The van der Waals surface area contributed by atoms with Gasteiger partial charge in [-0.05, 0) is 31.9 Å². The quantitative estimate of drug-likeness (QED) is 0.668. The molecule has 0 radical (unpaired) electrons. The van der Waals surface area contributed by atoms with Crippen LogP contribution in [0.1, 0.15) is 39.0 Å². The summed E-state index contributed by atoms with van der Waals surface area (Å²) in [6.07, 6.45) is 4.30. The fourth-order valence-corrected chi connectivity index (χ4v) is 3.71. The van der Waals surface area contributed by atoms with Crippen molar-refractivity contribution < 1.29 is 14.3 Å². The van der Waals surface area contributed by atoms with E-state index in [4.69, 9.17) is 4.74 Å². The second-order valence-electron chi connectivity index (χ2n) is 5.70. The van der Waals surface area contributed by atoms with Gasteiger partial charge in [0.15, 0.2) is 0 Å². The molecule has 1 unspecified atom stereocenters. The largest absolute Gasteiger partial charge is 0.467 e. The first-order valence-electron chi connectivity index (χ1n) is 7.69. The molecule has 1 aliphatic carbocycles. The molecule has 22 heavy (non-hydrogen) atoms. The predicted octanol–water partition coefficient (Wildman–Crippen LogP) is 3.16. The Morgan fingerprint density at radius 2 is 1.82 bits per heavy atom. The third kappa shape index (κ3) is 4.03. The minimum atomic E-state index is -0.838. The van der Waals surface area contributed by atoms with Crippen molar-refractivity contribution in [3.8, 4) is 0 Å². The molecule has 1 aromatic rings. The molecule has 1 amide bonds. The van der Waals surface area contributed by atoms with Gasteiger partial charge in [-0.25, -0.2) is 4.79 Å². The van der Waals surface area contributed by atoms with Crippen molar-refractivity contribution >= 4 is 23.6 Å². The number of methoxy groups -OCH3 is 1. The Morgan fingerprint density at radius 3 is 2.41 bits per heavy atom. The third-order valence-corrected chi connectivity index (χ3v) is 5.18. The fourth-order valence-electron chi connectivity index (χ4n) is 2.83. The molecule has 5 heteroatoms. The number of carbonyl (C=O) groups is 2. The van der Waals surface area contributed by atoms with Gasteiger partial charge in [0.25, 0.3) is 0 Å². The standard InChI is InChI=1S/C17H23NO3S/c1-13(22-14-9-5-3-6-10-14)15(19)18-17(16(20)21-2)11-7-4-8-12-17/h3,5-6,9-10,13H,4,7-8,11-12H2,1-2H3,(H,18,19). The zero-order chi connectivity index (χ0) is 16.0. The number of benzene rings is 1. The molecule has 1 aliphatic rings. The average Bonchev–Trinajstić information content (AvgIpc) is 2.55. The van der Waals surface area contributed by atoms with E-state index in [9.17, 15) is 9.59 Å². The van der Waals surface area contributed by atoms with E-state index >= 15 is 0 Å². The predicted molar refractivity (Wildman–Crippen MR) is 87.7 cm³/mol. The molecule has 0 heterocycles. The number of thioether (sulfide) groups is 1. The first-order chi connectivity index (χ1) is 10.6. The highest BCUT2D eigenvalue weighted by atomic mass is 32.2. The lowest BCUT2D eigenvalue weighted by molar-refractivity contribution is -0.152. The molecule has 2 rings (SSSR count). The maximum Gasteiger partial charge on any atom is 0.331 e. The van der Waals surface area contributed by atoms with Crippen molar-refractivity contribution in [1.29, 1.82) is 0 Å². The first kappa shape index (κ1) is 16.9. The molecule has 1 N–H and O–H groups in total. The number of hydrogen-bond donors (Lipinski definition) is 1. The number of esters is 1. The van der Waals surface area contributed by atoms with Gasteiger partial charge in [-0.15, -0.1) is 11.8 Å². The molecule has 0 saturated heterocycles. The highest BCUT2D eigenvalue weighted by molar-refractivity contribution is 8.00. The van der Waals surface area contributed by atoms with Gasteiger partial charge in [0.2, 0.25) is 5.91 Å². The van der Waals surface area contributed by atoms with Crippen LogP contribution < -0.4 is 5.32 Å². The number of hydrogen-bond acceptors (Lipinski definition) is 4. The van der Waals surface area contributed by atoms with Gasteiger partial charge in [-0.3, -0.25) is 4.79 Å². The second-order valence-corrected chi connectivity index (χ2v) is 7.11. The van der Waals surface area contributed by atoms with Crippen molar-refractivity contribution in [1.82, 2.24) is 5.32 Å². The van der Waals surface area contributed by atoms with E-state index in [-0.39, 0.29) is 17.1 Å². The number of amides is 1. The molecule has 1 fully saturated rings. The summed E-state index contributed by atoms with van der Waals surface area (Å²) < 4.78 is 4.93. The van der Waals surface area contributed by atoms with Crippen molar-refractivity contribution in [3.05, 3.63) is 30.3 Å². The summed E-state index contributed by atoms with van der Waals surface area (Å²) in [4.78, 5) is 25.7. The third-order valence-electron chi connectivity index (χ3n) is 4.07. The molecule has 120 valence electrons. The summed E-state index contributed by atoms with van der Waals surface area (Å²) in [5.74, 6) is -0.432. The number of ether oxygens (including phenoxy) is 1. The molecule has 0 aromatic heterocycles. The number of nitrogens with one attached hydrogen (secondary N) is 1. The van der Waals surface area contributed by atoms with Crippen LogP contribution in [0.15, 0.2) is 35.2 Å². The highest BCUT2D eigenvalue weighted by Gasteiger charge is 2.42. The summed E-state index contributed by atoms with van der Waals surface area (Å²) >= 11 is 1.49. The van der Waals surface area contributed by atoms with Crippen molar-refractivity contribution in [2.75, 3.05) is 7.11 Å².